The number of hydrogen-bond acceptors (Lipinski definition) is 3. The van der Waals surface area contributed by atoms with Gasteiger partial charge >= 0.3 is 6.18 Å². The Morgan fingerprint density at radius 1 is 1.08 bits per heavy atom. The monoisotopic (exact) mass is 364 g/mol. The molecule has 2 aromatic carbocycles. The van der Waals surface area contributed by atoms with E-state index in [0.717, 1.165) is 24.2 Å². The van der Waals surface area contributed by atoms with Gasteiger partial charge in [-0.05, 0) is 53.1 Å². The van der Waals surface area contributed by atoms with Gasteiger partial charge in [0.15, 0.2) is 0 Å². The van der Waals surface area contributed by atoms with Crippen LogP contribution in [0.4, 0.5) is 18.9 Å². The summed E-state index contributed by atoms with van der Waals surface area (Å²) in [5.74, 6) is 0. The maximum absolute atomic E-state index is 12.7. The quantitative estimate of drug-likeness (QED) is 0.696. The summed E-state index contributed by atoms with van der Waals surface area (Å²) in [5.41, 5.74) is 7.25. The third kappa shape index (κ3) is 3.80. The zero-order valence-electron chi connectivity index (χ0n) is 13.8. The lowest BCUT2D eigenvalue weighted by molar-refractivity contribution is -0.137. The Labute approximate surface area is 148 Å². The van der Waals surface area contributed by atoms with Crippen molar-refractivity contribution in [3.8, 4) is 0 Å². The Hall–Kier alpha value is -2.05. The second-order valence-electron chi connectivity index (χ2n) is 6.01. The van der Waals surface area contributed by atoms with Gasteiger partial charge in [0.05, 0.1) is 5.56 Å². The van der Waals surface area contributed by atoms with E-state index in [1.54, 1.807) is 11.3 Å². The van der Waals surface area contributed by atoms with Crippen LogP contribution in [0.3, 0.4) is 0 Å². The smallest absolute Gasteiger partial charge is 0.370 e. The predicted octanol–water partition coefficient (Wildman–Crippen LogP) is 4.93. The van der Waals surface area contributed by atoms with Crippen LogP contribution in [0.2, 0.25) is 0 Å². The van der Waals surface area contributed by atoms with Crippen molar-refractivity contribution in [3.05, 3.63) is 65.0 Å². The van der Waals surface area contributed by atoms with Crippen LogP contribution in [-0.2, 0) is 12.6 Å². The normalized spacial score (nSPS) is 13.2. The van der Waals surface area contributed by atoms with Crippen LogP contribution in [0, 0.1) is 0 Å². The van der Waals surface area contributed by atoms with E-state index in [1.807, 2.05) is 24.1 Å². The van der Waals surface area contributed by atoms with Crippen LogP contribution in [0.25, 0.3) is 10.1 Å². The van der Waals surface area contributed by atoms with Crippen LogP contribution in [0.15, 0.2) is 53.9 Å². The van der Waals surface area contributed by atoms with Crippen molar-refractivity contribution in [2.75, 3.05) is 18.5 Å². The van der Waals surface area contributed by atoms with Crippen molar-refractivity contribution in [1.82, 2.24) is 0 Å². The van der Waals surface area contributed by atoms with Crippen LogP contribution >= 0.6 is 11.3 Å². The summed E-state index contributed by atoms with van der Waals surface area (Å²) in [6, 6.07) is 13.4. The molecule has 25 heavy (non-hydrogen) atoms. The van der Waals surface area contributed by atoms with Gasteiger partial charge in [0, 0.05) is 30.0 Å². The van der Waals surface area contributed by atoms with Crippen LogP contribution in [0.1, 0.15) is 11.1 Å². The molecule has 132 valence electrons. The van der Waals surface area contributed by atoms with Gasteiger partial charge in [-0.3, -0.25) is 0 Å². The van der Waals surface area contributed by atoms with Crippen LogP contribution in [0.5, 0.6) is 0 Å². The number of hydrogen-bond donors (Lipinski definition) is 1. The number of likely N-dealkylation sites (N-methyl/N-ethyl adjacent to an activating group) is 1. The van der Waals surface area contributed by atoms with Crippen molar-refractivity contribution in [2.24, 2.45) is 5.73 Å². The largest absolute Gasteiger partial charge is 0.416 e. The highest BCUT2D eigenvalue weighted by atomic mass is 32.1. The molecular formula is C19H19F3N2S. The van der Waals surface area contributed by atoms with Gasteiger partial charge in [0.1, 0.15) is 0 Å². The topological polar surface area (TPSA) is 29.3 Å². The second kappa shape index (κ2) is 7.06. The minimum Gasteiger partial charge on any atom is -0.370 e. The maximum Gasteiger partial charge on any atom is 0.416 e. The second-order valence-corrected chi connectivity index (χ2v) is 6.92. The summed E-state index contributed by atoms with van der Waals surface area (Å²) < 4.78 is 39.4. The molecule has 6 heteroatoms. The molecule has 2 N–H and O–H groups in total. The fourth-order valence-electron chi connectivity index (χ4n) is 2.92. The maximum atomic E-state index is 12.7. The fraction of sp³-hybridized carbons (Fsp3) is 0.263. The molecule has 0 saturated heterocycles. The number of thiophene rings is 1. The van der Waals surface area contributed by atoms with Gasteiger partial charge in [-0.15, -0.1) is 11.3 Å². The highest BCUT2D eigenvalue weighted by Crippen LogP contribution is 2.31. The molecule has 0 fully saturated rings. The minimum atomic E-state index is -4.32. The number of benzene rings is 2. The van der Waals surface area contributed by atoms with E-state index in [2.05, 4.69) is 17.5 Å². The molecule has 1 unspecified atom stereocenters. The number of nitrogens with zero attached hydrogens (tertiary/aromatic N) is 1. The van der Waals surface area contributed by atoms with E-state index in [-0.39, 0.29) is 6.04 Å². The molecular weight excluding hydrogens is 345 g/mol. The van der Waals surface area contributed by atoms with Crippen molar-refractivity contribution in [2.45, 2.75) is 18.6 Å². The number of halogens is 3. The summed E-state index contributed by atoms with van der Waals surface area (Å²) >= 11 is 1.69. The minimum absolute atomic E-state index is 0.00902. The third-order valence-corrected chi connectivity index (χ3v) is 5.45. The van der Waals surface area contributed by atoms with Gasteiger partial charge in [0.25, 0.3) is 0 Å². The molecule has 1 heterocycles. The summed E-state index contributed by atoms with van der Waals surface area (Å²) in [6.07, 6.45) is -3.57. The van der Waals surface area contributed by atoms with E-state index in [0.29, 0.717) is 6.54 Å². The highest BCUT2D eigenvalue weighted by Gasteiger charge is 2.30. The fourth-order valence-corrected chi connectivity index (χ4v) is 3.90. The average Bonchev–Trinajstić information content (AvgIpc) is 3.01. The van der Waals surface area contributed by atoms with Crippen molar-refractivity contribution < 1.29 is 13.2 Å². The summed E-state index contributed by atoms with van der Waals surface area (Å²) in [6.45, 7) is 0.418. The number of rotatable bonds is 5. The van der Waals surface area contributed by atoms with Gasteiger partial charge in [0.2, 0.25) is 0 Å². The first-order chi connectivity index (χ1) is 11.9. The van der Waals surface area contributed by atoms with Crippen LogP contribution in [-0.4, -0.2) is 19.6 Å². The molecule has 0 bridgehead atoms. The number of fused-ring (bicyclic) bond motifs is 1. The number of anilines is 1. The zero-order valence-corrected chi connectivity index (χ0v) is 14.6. The first-order valence-corrected chi connectivity index (χ1v) is 8.83. The van der Waals surface area contributed by atoms with E-state index < -0.39 is 11.7 Å². The Kier molecular flexibility index (Phi) is 5.01. The summed E-state index contributed by atoms with van der Waals surface area (Å²) in [5, 5.41) is 3.35. The molecule has 1 aromatic heterocycles. The van der Waals surface area contributed by atoms with Crippen LogP contribution < -0.4 is 10.6 Å². The van der Waals surface area contributed by atoms with Gasteiger partial charge in [-0.25, -0.2) is 0 Å². The molecule has 0 radical (unpaired) electrons. The lowest BCUT2D eigenvalue weighted by Gasteiger charge is -2.29. The standard InChI is InChI=1S/C19H19F3N2S/c1-24(15-8-6-14(7-9-15)19(20,21)22)16(11-23)10-13-12-25-18-5-3-2-4-17(13)18/h2-9,12,16H,10-11,23H2,1H3. The van der Waals surface area contributed by atoms with Gasteiger partial charge < -0.3 is 10.6 Å². The van der Waals surface area contributed by atoms with Crippen molar-refractivity contribution in [3.63, 3.8) is 0 Å². The van der Waals surface area contributed by atoms with Gasteiger partial charge in [-0.2, -0.15) is 13.2 Å². The van der Waals surface area contributed by atoms with Crippen molar-refractivity contribution in [1.29, 1.82) is 0 Å². The SMILES string of the molecule is CN(c1ccc(C(F)(F)F)cc1)C(CN)Cc1csc2ccccc12. The van der Waals surface area contributed by atoms with E-state index >= 15 is 0 Å². The molecule has 0 aliphatic carbocycles. The molecule has 0 aliphatic rings. The Morgan fingerprint density at radius 2 is 1.76 bits per heavy atom. The Morgan fingerprint density at radius 3 is 2.40 bits per heavy atom. The molecule has 0 saturated carbocycles. The first kappa shape index (κ1) is 17.8. The molecule has 0 aliphatic heterocycles. The molecule has 2 nitrogen and oxygen atoms in total. The van der Waals surface area contributed by atoms with Crippen molar-refractivity contribution >= 4 is 27.1 Å². The van der Waals surface area contributed by atoms with E-state index in [4.69, 9.17) is 5.73 Å². The number of alkyl halides is 3. The lowest BCUT2D eigenvalue weighted by atomic mass is 10.0. The van der Waals surface area contributed by atoms with E-state index in [1.165, 1.54) is 27.8 Å². The molecule has 0 amide bonds. The lowest BCUT2D eigenvalue weighted by Crippen LogP contribution is -2.39. The zero-order chi connectivity index (χ0) is 18.0. The molecule has 1 atom stereocenters. The predicted molar refractivity (Wildman–Crippen MR) is 98.2 cm³/mol. The third-order valence-electron chi connectivity index (χ3n) is 4.44. The molecule has 3 aromatic rings. The highest BCUT2D eigenvalue weighted by molar-refractivity contribution is 7.17. The molecule has 3 rings (SSSR count). The Bertz CT molecular complexity index is 840. The first-order valence-electron chi connectivity index (χ1n) is 7.95. The van der Waals surface area contributed by atoms with Gasteiger partial charge in [-0.1, -0.05) is 18.2 Å². The summed E-state index contributed by atoms with van der Waals surface area (Å²) in [7, 11) is 1.87. The van der Waals surface area contributed by atoms with E-state index in [9.17, 15) is 13.2 Å². The summed E-state index contributed by atoms with van der Waals surface area (Å²) in [4.78, 5) is 1.95. The Balaban J connectivity index is 1.80. The molecule has 0 spiro atoms. The average molecular weight is 364 g/mol. The number of nitrogens with two attached hydrogens (primary N) is 1.